The number of para-hydroxylation sites is 1. The van der Waals surface area contributed by atoms with Crippen molar-refractivity contribution in [1.29, 1.82) is 0 Å². The highest BCUT2D eigenvalue weighted by Gasteiger charge is 2.29. The maximum atomic E-state index is 12.3. The van der Waals surface area contributed by atoms with Crippen LogP contribution >= 0.6 is 11.3 Å². The van der Waals surface area contributed by atoms with Crippen molar-refractivity contribution in [1.82, 2.24) is 5.32 Å². The number of carbonyl (C=O) groups is 1. The highest BCUT2D eigenvalue weighted by atomic mass is 32.2. The molecule has 0 aliphatic carbocycles. The maximum absolute atomic E-state index is 12.3. The molecule has 2 aromatic rings. The van der Waals surface area contributed by atoms with Gasteiger partial charge in [-0.15, -0.1) is 15.7 Å². The molecule has 0 radical (unpaired) electrons. The van der Waals surface area contributed by atoms with Crippen molar-refractivity contribution >= 4 is 38.8 Å². The van der Waals surface area contributed by atoms with Crippen LogP contribution in [0.5, 0.6) is 0 Å². The molecule has 0 bridgehead atoms. The second-order valence-corrected chi connectivity index (χ2v) is 9.94. The van der Waals surface area contributed by atoms with Crippen molar-refractivity contribution in [2.24, 2.45) is 9.81 Å². The molecular weight excluding hydrogens is 382 g/mol. The largest absolute Gasteiger partial charge is 0.356 e. The van der Waals surface area contributed by atoms with E-state index < -0.39 is 15.4 Å². The number of amides is 1. The van der Waals surface area contributed by atoms with E-state index >= 15 is 0 Å². The molecule has 3 rings (SSSR count). The minimum atomic E-state index is -3.71. The number of benzene rings is 1. The minimum absolute atomic E-state index is 0.0452. The molecule has 0 unspecified atom stereocenters. The Morgan fingerprint density at radius 1 is 1.22 bits per heavy atom. The van der Waals surface area contributed by atoms with Gasteiger partial charge in [-0.3, -0.25) is 4.79 Å². The second-order valence-electron chi connectivity index (χ2n) is 7.33. The standard InChI is InChI=1S/C19H23N3O3S2/c1-19(2,13-18(23)20-10-9-14-6-5-11-26-14)12-17-21-15-7-3-4-8-16(15)27(24,25)22-17/h3-8,11H,9-10,12-13H2,1-2H3,(H,20,23)(H,21,22). The summed E-state index contributed by atoms with van der Waals surface area (Å²) < 4.78 is 28.6. The first-order chi connectivity index (χ1) is 12.8. The third-order valence-corrected chi connectivity index (χ3v) is 6.54. The van der Waals surface area contributed by atoms with E-state index in [0.29, 0.717) is 30.9 Å². The van der Waals surface area contributed by atoms with E-state index in [-0.39, 0.29) is 10.8 Å². The number of thiophene rings is 1. The Labute approximate surface area is 163 Å². The summed E-state index contributed by atoms with van der Waals surface area (Å²) in [5.74, 6) is 0.321. The number of nitrogens with zero attached hydrogens (tertiary/aromatic N) is 1. The summed E-state index contributed by atoms with van der Waals surface area (Å²) in [6.07, 6.45) is 1.46. The van der Waals surface area contributed by atoms with Gasteiger partial charge in [0.05, 0.1) is 5.69 Å². The Balaban J connectivity index is 1.58. The molecule has 27 heavy (non-hydrogen) atoms. The first-order valence-corrected chi connectivity index (χ1v) is 11.1. The van der Waals surface area contributed by atoms with Crippen LogP contribution in [0.15, 0.2) is 51.1 Å². The third kappa shape index (κ3) is 5.17. The Hall–Kier alpha value is -2.19. The number of nitrogens with one attached hydrogen (secondary N) is 2. The van der Waals surface area contributed by atoms with Crippen LogP contribution in [0.25, 0.3) is 0 Å². The van der Waals surface area contributed by atoms with Gasteiger partial charge in [-0.2, -0.15) is 8.42 Å². The van der Waals surface area contributed by atoms with Crippen molar-refractivity contribution in [3.8, 4) is 0 Å². The molecule has 144 valence electrons. The van der Waals surface area contributed by atoms with Crippen LogP contribution in [-0.2, 0) is 21.2 Å². The van der Waals surface area contributed by atoms with Crippen molar-refractivity contribution < 1.29 is 13.2 Å². The summed E-state index contributed by atoms with van der Waals surface area (Å²) >= 11 is 1.67. The molecule has 8 heteroatoms. The number of sulfonamides is 1. The van der Waals surface area contributed by atoms with Crippen LogP contribution in [-0.4, -0.2) is 26.7 Å². The zero-order valence-corrected chi connectivity index (χ0v) is 17.0. The SMILES string of the molecule is CC(C)(CC(=O)NCCc1cccs1)CC1=NS(=O)(=O)c2ccccc2N1. The quantitative estimate of drug-likeness (QED) is 0.739. The lowest BCUT2D eigenvalue weighted by Crippen LogP contribution is -2.33. The van der Waals surface area contributed by atoms with Crippen LogP contribution in [0.3, 0.4) is 0 Å². The molecule has 6 nitrogen and oxygen atoms in total. The predicted octanol–water partition coefficient (Wildman–Crippen LogP) is 3.43. The Bertz CT molecular complexity index is 948. The topological polar surface area (TPSA) is 87.6 Å². The van der Waals surface area contributed by atoms with Crippen LogP contribution < -0.4 is 10.6 Å². The van der Waals surface area contributed by atoms with Crippen LogP contribution in [0, 0.1) is 5.41 Å². The average Bonchev–Trinajstić information content (AvgIpc) is 3.06. The average molecular weight is 406 g/mol. The molecule has 2 N–H and O–H groups in total. The van der Waals surface area contributed by atoms with E-state index in [9.17, 15) is 13.2 Å². The van der Waals surface area contributed by atoms with Gasteiger partial charge in [-0.25, -0.2) is 0 Å². The van der Waals surface area contributed by atoms with Gasteiger partial charge in [0, 0.05) is 24.3 Å². The number of rotatable bonds is 7. The zero-order valence-electron chi connectivity index (χ0n) is 15.4. The van der Waals surface area contributed by atoms with E-state index in [2.05, 4.69) is 15.0 Å². The molecule has 1 aliphatic heterocycles. The summed E-state index contributed by atoms with van der Waals surface area (Å²) in [4.78, 5) is 13.7. The lowest BCUT2D eigenvalue weighted by atomic mass is 9.84. The fourth-order valence-corrected chi connectivity index (χ4v) is 4.89. The fourth-order valence-electron chi connectivity index (χ4n) is 3.04. The predicted molar refractivity (Wildman–Crippen MR) is 109 cm³/mol. The molecular formula is C19H23N3O3S2. The van der Waals surface area contributed by atoms with Gasteiger partial charge < -0.3 is 10.6 Å². The van der Waals surface area contributed by atoms with Crippen molar-refractivity contribution in [3.05, 3.63) is 46.7 Å². The van der Waals surface area contributed by atoms with Crippen LogP contribution in [0.1, 0.15) is 31.6 Å². The number of anilines is 1. The Morgan fingerprint density at radius 3 is 2.74 bits per heavy atom. The number of carbonyl (C=O) groups excluding carboxylic acids is 1. The summed E-state index contributed by atoms with van der Waals surface area (Å²) in [5.41, 5.74) is 0.0967. The van der Waals surface area contributed by atoms with Crippen molar-refractivity contribution in [3.63, 3.8) is 0 Å². The van der Waals surface area contributed by atoms with Gasteiger partial charge in [0.2, 0.25) is 5.91 Å². The molecule has 1 aliphatic rings. The smallest absolute Gasteiger partial charge is 0.286 e. The lowest BCUT2D eigenvalue weighted by Gasteiger charge is -2.27. The maximum Gasteiger partial charge on any atom is 0.286 e. The van der Waals surface area contributed by atoms with Gasteiger partial charge in [0.1, 0.15) is 10.7 Å². The molecule has 1 amide bonds. The normalized spacial score (nSPS) is 15.4. The number of hydrogen-bond acceptors (Lipinski definition) is 5. The molecule has 1 aromatic carbocycles. The molecule has 0 saturated heterocycles. The van der Waals surface area contributed by atoms with E-state index in [1.54, 1.807) is 29.5 Å². The molecule has 2 heterocycles. The first kappa shape index (κ1) is 19.6. The van der Waals surface area contributed by atoms with E-state index in [1.165, 1.54) is 10.9 Å². The second kappa shape index (κ2) is 7.82. The van der Waals surface area contributed by atoms with E-state index in [4.69, 9.17) is 0 Å². The number of hydrogen-bond donors (Lipinski definition) is 2. The zero-order chi connectivity index (χ0) is 19.5. The van der Waals surface area contributed by atoms with Gasteiger partial charge in [0.15, 0.2) is 0 Å². The van der Waals surface area contributed by atoms with Crippen molar-refractivity contribution in [2.45, 2.75) is 38.0 Å². The highest BCUT2D eigenvalue weighted by molar-refractivity contribution is 7.90. The molecule has 0 saturated carbocycles. The monoisotopic (exact) mass is 405 g/mol. The van der Waals surface area contributed by atoms with Gasteiger partial charge in [-0.05, 0) is 35.4 Å². The third-order valence-electron chi connectivity index (χ3n) is 4.23. The van der Waals surface area contributed by atoms with Gasteiger partial charge in [-0.1, -0.05) is 32.0 Å². The fraction of sp³-hybridized carbons (Fsp3) is 0.368. The highest BCUT2D eigenvalue weighted by Crippen LogP contribution is 2.31. The van der Waals surface area contributed by atoms with Gasteiger partial charge >= 0.3 is 0 Å². The molecule has 0 atom stereocenters. The summed E-state index contributed by atoms with van der Waals surface area (Å²) in [7, 11) is -3.71. The first-order valence-electron chi connectivity index (χ1n) is 8.74. The lowest BCUT2D eigenvalue weighted by molar-refractivity contribution is -0.122. The number of fused-ring (bicyclic) bond motifs is 1. The number of amidine groups is 1. The van der Waals surface area contributed by atoms with E-state index in [1.807, 2.05) is 31.4 Å². The summed E-state index contributed by atoms with van der Waals surface area (Å²) in [6, 6.07) is 10.7. The van der Waals surface area contributed by atoms with Crippen LogP contribution in [0.2, 0.25) is 0 Å². The molecule has 0 spiro atoms. The Morgan fingerprint density at radius 2 is 2.00 bits per heavy atom. The Kier molecular flexibility index (Phi) is 5.67. The van der Waals surface area contributed by atoms with E-state index in [0.717, 1.165) is 6.42 Å². The van der Waals surface area contributed by atoms with Gasteiger partial charge in [0.25, 0.3) is 10.0 Å². The molecule has 1 aromatic heterocycles. The molecule has 0 fully saturated rings. The minimum Gasteiger partial charge on any atom is -0.356 e. The summed E-state index contributed by atoms with van der Waals surface area (Å²) in [6.45, 7) is 4.46. The summed E-state index contributed by atoms with van der Waals surface area (Å²) in [5, 5.41) is 8.04. The van der Waals surface area contributed by atoms with Crippen LogP contribution in [0.4, 0.5) is 5.69 Å². The van der Waals surface area contributed by atoms with Crippen molar-refractivity contribution in [2.75, 3.05) is 11.9 Å².